The second kappa shape index (κ2) is 7.38. The number of nitrogens with zero attached hydrogens (tertiary/aromatic N) is 2. The van der Waals surface area contributed by atoms with Gasteiger partial charge >= 0.3 is 5.91 Å². The number of aromatic amines is 1. The fourth-order valence-corrected chi connectivity index (χ4v) is 2.95. The molecule has 0 bridgehead atoms. The van der Waals surface area contributed by atoms with Crippen LogP contribution in [-0.2, 0) is 4.79 Å². The number of benzene rings is 1. The third-order valence-corrected chi connectivity index (χ3v) is 4.43. The minimum atomic E-state index is -0.544. The maximum atomic E-state index is 11.8. The molecule has 0 saturated heterocycles. The third kappa shape index (κ3) is 3.70. The van der Waals surface area contributed by atoms with Crippen molar-refractivity contribution in [1.29, 1.82) is 0 Å². The molecule has 4 rings (SSSR count). The van der Waals surface area contributed by atoms with E-state index in [1.807, 2.05) is 24.3 Å². The van der Waals surface area contributed by atoms with Crippen molar-refractivity contribution in [1.82, 2.24) is 26.0 Å². The van der Waals surface area contributed by atoms with Crippen molar-refractivity contribution in [2.45, 2.75) is 5.22 Å². The Morgan fingerprint density at radius 1 is 1.11 bits per heavy atom. The molecule has 0 spiro atoms. The van der Waals surface area contributed by atoms with Gasteiger partial charge in [0.2, 0.25) is 5.91 Å². The van der Waals surface area contributed by atoms with Gasteiger partial charge in [-0.25, -0.2) is 0 Å². The van der Waals surface area contributed by atoms with Gasteiger partial charge in [-0.1, -0.05) is 30.0 Å². The van der Waals surface area contributed by atoms with Crippen LogP contribution in [0.15, 0.2) is 62.9 Å². The highest BCUT2D eigenvalue weighted by Crippen LogP contribution is 2.29. The monoisotopic (exact) mass is 383 g/mol. The third-order valence-electron chi connectivity index (χ3n) is 3.61. The summed E-state index contributed by atoms with van der Waals surface area (Å²) in [6, 6.07) is 10.8. The molecule has 0 aliphatic heterocycles. The molecule has 3 aromatic heterocycles. The lowest BCUT2D eigenvalue weighted by atomic mass is 10.2. The number of hydrogen-bond donors (Lipinski definition) is 3. The molecule has 1 aromatic carbocycles. The molecule has 0 atom stereocenters. The maximum Gasteiger partial charge on any atom is 0.305 e. The number of hydrogen-bond acceptors (Lipinski definition) is 7. The zero-order chi connectivity index (χ0) is 18.6. The first-order valence-electron chi connectivity index (χ1n) is 7.86. The van der Waals surface area contributed by atoms with Crippen LogP contribution in [0.1, 0.15) is 10.6 Å². The van der Waals surface area contributed by atoms with Crippen LogP contribution in [0, 0.1) is 0 Å². The number of fused-ring (bicyclic) bond motifs is 1. The standard InChI is InChI=1S/C17H13N5O4S/c23-14(19-20-15(24)13-6-3-7-25-13)9-27-17-22-21-16(26-17)11-8-18-12-5-2-1-4-10(11)12/h1-8,18H,9H2,(H,19,23)(H,20,24). The molecule has 2 amide bonds. The summed E-state index contributed by atoms with van der Waals surface area (Å²) < 4.78 is 10.5. The number of hydrazine groups is 1. The van der Waals surface area contributed by atoms with Crippen LogP contribution in [0.3, 0.4) is 0 Å². The Bertz CT molecular complexity index is 1090. The van der Waals surface area contributed by atoms with Gasteiger partial charge in [0.05, 0.1) is 17.6 Å². The van der Waals surface area contributed by atoms with Crippen LogP contribution in [0.5, 0.6) is 0 Å². The van der Waals surface area contributed by atoms with E-state index in [1.165, 1.54) is 12.3 Å². The van der Waals surface area contributed by atoms with Crippen LogP contribution in [0.2, 0.25) is 0 Å². The van der Waals surface area contributed by atoms with Gasteiger partial charge in [0, 0.05) is 17.1 Å². The largest absolute Gasteiger partial charge is 0.459 e. The molecule has 10 heteroatoms. The normalized spacial score (nSPS) is 10.8. The topological polar surface area (TPSA) is 126 Å². The molecule has 0 saturated carbocycles. The second-order valence-electron chi connectivity index (χ2n) is 5.39. The average molecular weight is 383 g/mol. The van der Waals surface area contributed by atoms with Crippen molar-refractivity contribution in [3.8, 4) is 11.5 Å². The smallest absolute Gasteiger partial charge is 0.305 e. The van der Waals surface area contributed by atoms with Crippen molar-refractivity contribution < 1.29 is 18.4 Å². The molecule has 0 aliphatic carbocycles. The lowest BCUT2D eigenvalue weighted by Crippen LogP contribution is -2.42. The Morgan fingerprint density at radius 2 is 2.00 bits per heavy atom. The van der Waals surface area contributed by atoms with Crippen LogP contribution in [-0.4, -0.2) is 32.7 Å². The van der Waals surface area contributed by atoms with Gasteiger partial charge in [-0.3, -0.25) is 20.4 Å². The quantitative estimate of drug-likeness (QED) is 0.357. The van der Waals surface area contributed by atoms with Crippen LogP contribution in [0.25, 0.3) is 22.4 Å². The fourth-order valence-electron chi connectivity index (χ4n) is 2.38. The Hall–Kier alpha value is -3.53. The number of nitrogens with one attached hydrogen (secondary N) is 3. The van der Waals surface area contributed by atoms with E-state index in [-0.39, 0.29) is 16.7 Å². The van der Waals surface area contributed by atoms with Gasteiger partial charge in [0.1, 0.15) is 0 Å². The lowest BCUT2D eigenvalue weighted by molar-refractivity contribution is -0.119. The Labute approximate surface area is 156 Å². The van der Waals surface area contributed by atoms with E-state index < -0.39 is 11.8 Å². The zero-order valence-electron chi connectivity index (χ0n) is 13.8. The molecule has 136 valence electrons. The number of furan rings is 1. The van der Waals surface area contributed by atoms with E-state index in [1.54, 1.807) is 12.3 Å². The SMILES string of the molecule is O=C(CSc1nnc(-c2c[nH]c3ccccc23)o1)NNC(=O)c1ccco1. The fraction of sp³-hybridized carbons (Fsp3) is 0.0588. The second-order valence-corrected chi connectivity index (χ2v) is 6.32. The first kappa shape index (κ1) is 16.9. The molecule has 27 heavy (non-hydrogen) atoms. The van der Waals surface area contributed by atoms with E-state index in [0.29, 0.717) is 5.89 Å². The van der Waals surface area contributed by atoms with Crippen molar-refractivity contribution in [3.05, 3.63) is 54.6 Å². The van der Waals surface area contributed by atoms with Gasteiger partial charge in [-0.2, -0.15) is 0 Å². The molecule has 0 radical (unpaired) electrons. The van der Waals surface area contributed by atoms with Crippen molar-refractivity contribution in [3.63, 3.8) is 0 Å². The summed E-state index contributed by atoms with van der Waals surface area (Å²) in [5, 5.41) is 9.18. The Kier molecular flexibility index (Phi) is 4.62. The summed E-state index contributed by atoms with van der Waals surface area (Å²) in [6.45, 7) is 0. The first-order chi connectivity index (χ1) is 13.2. The van der Waals surface area contributed by atoms with Crippen LogP contribution < -0.4 is 10.9 Å². The van der Waals surface area contributed by atoms with Gasteiger partial charge < -0.3 is 13.8 Å². The summed E-state index contributed by atoms with van der Waals surface area (Å²) in [7, 11) is 0. The molecule has 9 nitrogen and oxygen atoms in total. The molecule has 3 heterocycles. The van der Waals surface area contributed by atoms with Gasteiger partial charge in [0.15, 0.2) is 5.76 Å². The van der Waals surface area contributed by atoms with E-state index in [2.05, 4.69) is 26.0 Å². The van der Waals surface area contributed by atoms with Gasteiger partial charge in [-0.15, -0.1) is 10.2 Å². The molecule has 3 N–H and O–H groups in total. The first-order valence-corrected chi connectivity index (χ1v) is 8.85. The highest BCUT2D eigenvalue weighted by Gasteiger charge is 2.15. The number of aromatic nitrogens is 3. The van der Waals surface area contributed by atoms with Gasteiger partial charge in [0.25, 0.3) is 11.1 Å². The summed E-state index contributed by atoms with van der Waals surface area (Å²) in [4.78, 5) is 26.6. The lowest BCUT2D eigenvalue weighted by Gasteiger charge is -2.04. The summed E-state index contributed by atoms with van der Waals surface area (Å²) in [6.07, 6.45) is 3.16. The minimum absolute atomic E-state index is 0.00600. The molecule has 0 unspecified atom stereocenters. The number of H-pyrrole nitrogens is 1. The predicted octanol–water partition coefficient (Wildman–Crippen LogP) is 2.36. The number of amides is 2. The highest BCUT2D eigenvalue weighted by molar-refractivity contribution is 7.99. The summed E-state index contributed by atoms with van der Waals surface area (Å²) in [5.74, 6) is -0.511. The number of thioether (sulfide) groups is 1. The summed E-state index contributed by atoms with van der Waals surface area (Å²) >= 11 is 1.06. The summed E-state index contributed by atoms with van der Waals surface area (Å²) in [5.41, 5.74) is 6.29. The Morgan fingerprint density at radius 3 is 2.85 bits per heavy atom. The van der Waals surface area contributed by atoms with Gasteiger partial charge in [-0.05, 0) is 18.2 Å². The number of rotatable bonds is 5. The molecule has 0 aliphatic rings. The minimum Gasteiger partial charge on any atom is -0.459 e. The number of para-hydroxylation sites is 1. The molecule has 0 fully saturated rings. The maximum absolute atomic E-state index is 11.8. The van der Waals surface area contributed by atoms with Crippen LogP contribution >= 0.6 is 11.8 Å². The molecular formula is C17H13N5O4S. The van der Waals surface area contributed by atoms with Crippen LogP contribution in [0.4, 0.5) is 0 Å². The highest BCUT2D eigenvalue weighted by atomic mass is 32.2. The van der Waals surface area contributed by atoms with Crippen molar-refractivity contribution >= 4 is 34.5 Å². The van der Waals surface area contributed by atoms with Crippen molar-refractivity contribution in [2.24, 2.45) is 0 Å². The Balaban J connectivity index is 1.33. The molecular weight excluding hydrogens is 370 g/mol. The van der Waals surface area contributed by atoms with E-state index in [9.17, 15) is 9.59 Å². The number of carbonyl (C=O) groups is 2. The van der Waals surface area contributed by atoms with E-state index >= 15 is 0 Å². The average Bonchev–Trinajstić information content (AvgIpc) is 3.44. The van der Waals surface area contributed by atoms with Crippen molar-refractivity contribution in [2.75, 3.05) is 5.75 Å². The predicted molar refractivity (Wildman–Crippen MR) is 96.6 cm³/mol. The zero-order valence-corrected chi connectivity index (χ0v) is 14.6. The van der Waals surface area contributed by atoms with E-state index in [4.69, 9.17) is 8.83 Å². The number of carbonyl (C=O) groups excluding carboxylic acids is 2. The molecule has 4 aromatic rings. The van der Waals surface area contributed by atoms with E-state index in [0.717, 1.165) is 28.2 Å².